The van der Waals surface area contributed by atoms with Crippen LogP contribution in [0.2, 0.25) is 0 Å². The molecule has 1 rings (SSSR count). The largest absolute Gasteiger partial charge is 0.481 e. The highest BCUT2D eigenvalue weighted by Crippen LogP contribution is 2.03. The van der Waals surface area contributed by atoms with Crippen LogP contribution in [0.15, 0.2) is 24.3 Å². The van der Waals surface area contributed by atoms with Gasteiger partial charge in [-0.3, -0.25) is 4.79 Å². The van der Waals surface area contributed by atoms with Crippen molar-refractivity contribution < 1.29 is 24.6 Å². The van der Waals surface area contributed by atoms with Gasteiger partial charge in [-0.05, 0) is 17.7 Å². The van der Waals surface area contributed by atoms with Gasteiger partial charge in [0.2, 0.25) is 0 Å². The second-order valence-electron chi connectivity index (χ2n) is 3.76. The molecule has 2 amide bonds. The van der Waals surface area contributed by atoms with E-state index in [9.17, 15) is 14.4 Å². The first-order chi connectivity index (χ1) is 8.99. The van der Waals surface area contributed by atoms with Gasteiger partial charge in [-0.25, -0.2) is 9.59 Å². The smallest absolute Gasteiger partial charge is 0.335 e. The van der Waals surface area contributed by atoms with E-state index in [1.165, 1.54) is 12.1 Å². The van der Waals surface area contributed by atoms with Crippen LogP contribution in [0, 0.1) is 0 Å². The Morgan fingerprint density at radius 1 is 1.00 bits per heavy atom. The molecule has 0 aliphatic heterocycles. The molecule has 0 heterocycles. The third-order valence-corrected chi connectivity index (χ3v) is 2.28. The van der Waals surface area contributed by atoms with Crippen LogP contribution in [0.3, 0.4) is 0 Å². The van der Waals surface area contributed by atoms with Crippen molar-refractivity contribution in [1.82, 2.24) is 10.6 Å². The predicted molar refractivity (Wildman–Crippen MR) is 65.9 cm³/mol. The van der Waals surface area contributed by atoms with Crippen molar-refractivity contribution in [3.8, 4) is 0 Å². The van der Waals surface area contributed by atoms with E-state index >= 15 is 0 Å². The van der Waals surface area contributed by atoms with Gasteiger partial charge in [0.15, 0.2) is 0 Å². The Morgan fingerprint density at radius 3 is 2.16 bits per heavy atom. The zero-order valence-electron chi connectivity index (χ0n) is 10.0. The lowest BCUT2D eigenvalue weighted by molar-refractivity contribution is -0.136. The first-order valence-electron chi connectivity index (χ1n) is 5.55. The minimum Gasteiger partial charge on any atom is -0.481 e. The van der Waals surface area contributed by atoms with E-state index in [0.29, 0.717) is 0 Å². The summed E-state index contributed by atoms with van der Waals surface area (Å²) in [6.45, 7) is 0.290. The van der Waals surface area contributed by atoms with Crippen molar-refractivity contribution >= 4 is 18.0 Å². The molecule has 0 saturated heterocycles. The maximum atomic E-state index is 11.3. The average molecular weight is 266 g/mol. The van der Waals surface area contributed by atoms with Crippen molar-refractivity contribution in [1.29, 1.82) is 0 Å². The van der Waals surface area contributed by atoms with Crippen LogP contribution in [-0.4, -0.2) is 34.7 Å². The number of hydrogen-bond acceptors (Lipinski definition) is 3. The molecule has 0 fully saturated rings. The number of benzene rings is 1. The zero-order chi connectivity index (χ0) is 14.3. The normalized spacial score (nSPS) is 9.68. The highest BCUT2D eigenvalue weighted by atomic mass is 16.4. The number of carboxylic acid groups (broad SMARTS) is 2. The molecule has 0 aliphatic carbocycles. The average Bonchev–Trinajstić information content (AvgIpc) is 2.36. The lowest BCUT2D eigenvalue weighted by Gasteiger charge is -2.06. The Morgan fingerprint density at radius 2 is 1.63 bits per heavy atom. The summed E-state index contributed by atoms with van der Waals surface area (Å²) in [5.41, 5.74) is 0.924. The van der Waals surface area contributed by atoms with E-state index in [4.69, 9.17) is 10.2 Å². The third kappa shape index (κ3) is 5.53. The minimum absolute atomic E-state index is 0.0547. The van der Waals surface area contributed by atoms with Crippen LogP contribution >= 0.6 is 0 Å². The standard InChI is InChI=1S/C12H14N2O5/c15-10(16)5-6-13-12(19)14-7-8-1-3-9(4-2-8)11(17)18/h1-4H,5-7H2,(H,15,16)(H,17,18)(H2,13,14,19). The lowest BCUT2D eigenvalue weighted by Crippen LogP contribution is -2.36. The van der Waals surface area contributed by atoms with E-state index in [2.05, 4.69) is 10.6 Å². The molecule has 0 atom stereocenters. The van der Waals surface area contributed by atoms with Crippen LogP contribution in [-0.2, 0) is 11.3 Å². The van der Waals surface area contributed by atoms with Crippen LogP contribution in [0.1, 0.15) is 22.3 Å². The fraction of sp³-hybridized carbons (Fsp3) is 0.250. The summed E-state index contributed by atoms with van der Waals surface area (Å²) >= 11 is 0. The van der Waals surface area contributed by atoms with E-state index < -0.39 is 18.0 Å². The number of aliphatic carboxylic acids is 1. The molecule has 1 aromatic carbocycles. The van der Waals surface area contributed by atoms with Crippen molar-refractivity contribution in [3.05, 3.63) is 35.4 Å². The van der Waals surface area contributed by atoms with Crippen LogP contribution in [0.25, 0.3) is 0 Å². The zero-order valence-corrected chi connectivity index (χ0v) is 10.0. The molecule has 19 heavy (non-hydrogen) atoms. The molecule has 0 radical (unpaired) electrons. The molecule has 7 heteroatoms. The van der Waals surface area contributed by atoms with Gasteiger partial charge in [-0.15, -0.1) is 0 Å². The maximum absolute atomic E-state index is 11.3. The molecule has 0 saturated carbocycles. The fourth-order valence-electron chi connectivity index (χ4n) is 1.29. The Kier molecular flexibility index (Phi) is 5.34. The second kappa shape index (κ2) is 7.00. The van der Waals surface area contributed by atoms with Crippen molar-refractivity contribution in [2.24, 2.45) is 0 Å². The number of nitrogens with one attached hydrogen (secondary N) is 2. The number of aromatic carboxylic acids is 1. The maximum Gasteiger partial charge on any atom is 0.335 e. The summed E-state index contributed by atoms with van der Waals surface area (Å²) in [5, 5.41) is 22.0. The Bertz CT molecular complexity index is 470. The molecule has 0 spiro atoms. The van der Waals surface area contributed by atoms with Crippen LogP contribution < -0.4 is 10.6 Å². The van der Waals surface area contributed by atoms with Gasteiger partial charge in [0, 0.05) is 13.1 Å². The van der Waals surface area contributed by atoms with Crippen LogP contribution in [0.4, 0.5) is 4.79 Å². The molecule has 0 unspecified atom stereocenters. The minimum atomic E-state index is -1.01. The summed E-state index contributed by atoms with van der Waals surface area (Å²) < 4.78 is 0. The molecule has 102 valence electrons. The van der Waals surface area contributed by atoms with Crippen LogP contribution in [0.5, 0.6) is 0 Å². The first-order valence-corrected chi connectivity index (χ1v) is 5.55. The molecule has 4 N–H and O–H groups in total. The van der Waals surface area contributed by atoms with Gasteiger partial charge in [0.25, 0.3) is 0 Å². The lowest BCUT2D eigenvalue weighted by atomic mass is 10.1. The van der Waals surface area contributed by atoms with Gasteiger partial charge >= 0.3 is 18.0 Å². The number of rotatable bonds is 6. The van der Waals surface area contributed by atoms with E-state index in [1.54, 1.807) is 12.1 Å². The van der Waals surface area contributed by atoms with E-state index in [1.807, 2.05) is 0 Å². The second-order valence-corrected chi connectivity index (χ2v) is 3.76. The topological polar surface area (TPSA) is 116 Å². The molecule has 1 aromatic rings. The summed E-state index contributed by atoms with van der Waals surface area (Å²) in [4.78, 5) is 32.1. The fourth-order valence-corrected chi connectivity index (χ4v) is 1.29. The van der Waals surface area contributed by atoms with Crippen molar-refractivity contribution in [2.75, 3.05) is 6.54 Å². The number of carbonyl (C=O) groups is 3. The van der Waals surface area contributed by atoms with Gasteiger partial charge in [-0.2, -0.15) is 0 Å². The molecular formula is C12H14N2O5. The Hall–Kier alpha value is -2.57. The predicted octanol–water partition coefficient (Wildman–Crippen LogP) is 0.659. The SMILES string of the molecule is O=C(O)CCNC(=O)NCc1ccc(C(=O)O)cc1. The van der Waals surface area contributed by atoms with Gasteiger partial charge in [-0.1, -0.05) is 12.1 Å². The number of amides is 2. The summed E-state index contributed by atoms with van der Waals surface area (Å²) in [6, 6.07) is 5.62. The molecule has 7 nitrogen and oxygen atoms in total. The third-order valence-electron chi connectivity index (χ3n) is 2.28. The van der Waals surface area contributed by atoms with Gasteiger partial charge < -0.3 is 20.8 Å². The van der Waals surface area contributed by atoms with Gasteiger partial charge in [0.05, 0.1) is 12.0 Å². The molecular weight excluding hydrogens is 252 g/mol. The Labute approximate surface area is 109 Å². The summed E-state index contributed by atoms with van der Waals surface area (Å²) in [5.74, 6) is -1.99. The summed E-state index contributed by atoms with van der Waals surface area (Å²) in [7, 11) is 0. The molecule has 0 bridgehead atoms. The summed E-state index contributed by atoms with van der Waals surface area (Å²) in [6.07, 6.45) is -0.138. The molecule has 0 aliphatic rings. The van der Waals surface area contributed by atoms with Crippen molar-refractivity contribution in [3.63, 3.8) is 0 Å². The number of urea groups is 1. The number of carboxylic acids is 2. The van der Waals surface area contributed by atoms with Gasteiger partial charge in [0.1, 0.15) is 0 Å². The highest BCUT2D eigenvalue weighted by molar-refractivity contribution is 5.87. The quantitative estimate of drug-likeness (QED) is 0.603. The van der Waals surface area contributed by atoms with E-state index in [0.717, 1.165) is 5.56 Å². The molecule has 0 aromatic heterocycles. The van der Waals surface area contributed by atoms with Crippen molar-refractivity contribution in [2.45, 2.75) is 13.0 Å². The monoisotopic (exact) mass is 266 g/mol. The van der Waals surface area contributed by atoms with E-state index in [-0.39, 0.29) is 25.1 Å². The highest BCUT2D eigenvalue weighted by Gasteiger charge is 2.04. The number of carbonyl (C=O) groups excluding carboxylic acids is 1. The number of hydrogen-bond donors (Lipinski definition) is 4. The first kappa shape index (κ1) is 14.5. The Balaban J connectivity index is 2.33.